The van der Waals surface area contributed by atoms with Gasteiger partial charge in [-0.2, -0.15) is 0 Å². The third-order valence-electron chi connectivity index (χ3n) is 2.06. The standard InChI is InChI=1S/C11H9NO3/c1-7(14)15-11-5-12-10-3-2-8(6-13)4-9(10)11/h2-6,12H,1H3. The van der Waals surface area contributed by atoms with E-state index >= 15 is 0 Å². The van der Waals surface area contributed by atoms with Gasteiger partial charge in [0.2, 0.25) is 0 Å². The van der Waals surface area contributed by atoms with E-state index in [9.17, 15) is 9.59 Å². The summed E-state index contributed by atoms with van der Waals surface area (Å²) < 4.78 is 4.98. The average Bonchev–Trinajstić information content (AvgIpc) is 2.60. The molecule has 0 atom stereocenters. The van der Waals surface area contributed by atoms with E-state index in [1.807, 2.05) is 0 Å². The van der Waals surface area contributed by atoms with Crippen LogP contribution in [0.2, 0.25) is 0 Å². The maximum atomic E-state index is 10.8. The second kappa shape index (κ2) is 3.57. The highest BCUT2D eigenvalue weighted by molar-refractivity contribution is 5.92. The highest BCUT2D eigenvalue weighted by Gasteiger charge is 2.07. The van der Waals surface area contributed by atoms with Gasteiger partial charge in [-0.3, -0.25) is 9.59 Å². The number of benzene rings is 1. The molecule has 0 fully saturated rings. The predicted molar refractivity (Wildman–Crippen MR) is 55.0 cm³/mol. The Morgan fingerprint density at radius 1 is 1.47 bits per heavy atom. The Hall–Kier alpha value is -2.10. The van der Waals surface area contributed by atoms with Gasteiger partial charge in [-0.1, -0.05) is 0 Å². The fourth-order valence-corrected chi connectivity index (χ4v) is 1.43. The molecule has 1 N–H and O–H groups in total. The molecule has 0 amide bonds. The van der Waals surface area contributed by atoms with Crippen LogP contribution in [-0.4, -0.2) is 17.2 Å². The van der Waals surface area contributed by atoms with Crippen LogP contribution in [0, 0.1) is 0 Å². The van der Waals surface area contributed by atoms with Gasteiger partial charge in [-0.05, 0) is 18.2 Å². The minimum atomic E-state index is -0.382. The first-order valence-corrected chi connectivity index (χ1v) is 4.45. The predicted octanol–water partition coefficient (Wildman–Crippen LogP) is 1.91. The lowest BCUT2D eigenvalue weighted by atomic mass is 10.2. The summed E-state index contributed by atoms with van der Waals surface area (Å²) in [6.45, 7) is 1.34. The van der Waals surface area contributed by atoms with Crippen LogP contribution in [0.15, 0.2) is 24.4 Å². The Labute approximate surface area is 85.9 Å². The Bertz CT molecular complexity index is 528. The van der Waals surface area contributed by atoms with Gasteiger partial charge in [0.25, 0.3) is 0 Å². The van der Waals surface area contributed by atoms with Crippen molar-refractivity contribution in [1.82, 2.24) is 4.98 Å². The van der Waals surface area contributed by atoms with E-state index < -0.39 is 0 Å². The number of rotatable bonds is 2. The lowest BCUT2D eigenvalue weighted by molar-refractivity contribution is -0.131. The number of aromatic amines is 1. The Morgan fingerprint density at radius 3 is 2.93 bits per heavy atom. The van der Waals surface area contributed by atoms with E-state index in [-0.39, 0.29) is 5.97 Å². The van der Waals surface area contributed by atoms with Crippen LogP contribution in [0.1, 0.15) is 17.3 Å². The van der Waals surface area contributed by atoms with Gasteiger partial charge in [0.1, 0.15) is 6.29 Å². The average molecular weight is 203 g/mol. The molecule has 0 saturated heterocycles. The largest absolute Gasteiger partial charge is 0.424 e. The number of hydrogen-bond acceptors (Lipinski definition) is 3. The van der Waals surface area contributed by atoms with Gasteiger partial charge in [-0.25, -0.2) is 0 Å². The van der Waals surface area contributed by atoms with Crippen molar-refractivity contribution in [3.8, 4) is 5.75 Å². The summed E-state index contributed by atoms with van der Waals surface area (Å²) >= 11 is 0. The molecular formula is C11H9NO3. The van der Waals surface area contributed by atoms with E-state index in [4.69, 9.17) is 4.74 Å². The lowest BCUT2D eigenvalue weighted by Gasteiger charge is -1.98. The van der Waals surface area contributed by atoms with Gasteiger partial charge >= 0.3 is 5.97 Å². The highest BCUT2D eigenvalue weighted by atomic mass is 16.5. The van der Waals surface area contributed by atoms with Gasteiger partial charge in [0.15, 0.2) is 5.75 Å². The quantitative estimate of drug-likeness (QED) is 0.599. The van der Waals surface area contributed by atoms with Crippen LogP contribution in [-0.2, 0) is 4.79 Å². The number of aldehydes is 1. The van der Waals surface area contributed by atoms with Crippen LogP contribution < -0.4 is 4.74 Å². The zero-order valence-electron chi connectivity index (χ0n) is 8.11. The minimum Gasteiger partial charge on any atom is -0.424 e. The van der Waals surface area contributed by atoms with Crippen LogP contribution in [0.5, 0.6) is 5.75 Å². The van der Waals surface area contributed by atoms with Crippen molar-refractivity contribution >= 4 is 23.2 Å². The zero-order valence-corrected chi connectivity index (χ0v) is 8.11. The molecule has 0 aliphatic carbocycles. The second-order valence-corrected chi connectivity index (χ2v) is 3.17. The van der Waals surface area contributed by atoms with Gasteiger partial charge in [0.05, 0.1) is 0 Å². The van der Waals surface area contributed by atoms with E-state index in [1.54, 1.807) is 24.4 Å². The Balaban J connectivity index is 2.55. The molecule has 1 heterocycles. The molecule has 2 rings (SSSR count). The number of H-pyrrole nitrogens is 1. The number of esters is 1. The summed E-state index contributed by atoms with van der Waals surface area (Å²) in [6, 6.07) is 5.15. The topological polar surface area (TPSA) is 59.2 Å². The molecule has 0 spiro atoms. The molecule has 1 aromatic carbocycles. The molecule has 0 radical (unpaired) electrons. The zero-order chi connectivity index (χ0) is 10.8. The molecular weight excluding hydrogens is 194 g/mol. The Morgan fingerprint density at radius 2 is 2.27 bits per heavy atom. The number of aromatic nitrogens is 1. The summed E-state index contributed by atoms with van der Waals surface area (Å²) in [5, 5.41) is 0.731. The molecule has 0 unspecified atom stereocenters. The maximum absolute atomic E-state index is 10.8. The number of hydrogen-bond donors (Lipinski definition) is 1. The number of nitrogens with one attached hydrogen (secondary N) is 1. The highest BCUT2D eigenvalue weighted by Crippen LogP contribution is 2.25. The molecule has 4 nitrogen and oxygen atoms in total. The molecule has 4 heteroatoms. The Kier molecular flexibility index (Phi) is 2.25. The van der Waals surface area contributed by atoms with Gasteiger partial charge in [0, 0.05) is 29.6 Å². The molecule has 76 valence electrons. The van der Waals surface area contributed by atoms with Crippen LogP contribution in [0.4, 0.5) is 0 Å². The maximum Gasteiger partial charge on any atom is 0.308 e. The third kappa shape index (κ3) is 1.74. The van der Waals surface area contributed by atoms with Crippen LogP contribution >= 0.6 is 0 Å². The summed E-state index contributed by atoms with van der Waals surface area (Å²) in [4.78, 5) is 24.3. The third-order valence-corrected chi connectivity index (χ3v) is 2.06. The van der Waals surface area contributed by atoms with Gasteiger partial charge in [-0.15, -0.1) is 0 Å². The van der Waals surface area contributed by atoms with Gasteiger partial charge < -0.3 is 9.72 Å². The second-order valence-electron chi connectivity index (χ2n) is 3.17. The van der Waals surface area contributed by atoms with Crippen molar-refractivity contribution in [2.45, 2.75) is 6.92 Å². The van der Waals surface area contributed by atoms with E-state index in [0.717, 1.165) is 17.2 Å². The molecule has 0 saturated carbocycles. The number of fused-ring (bicyclic) bond motifs is 1. The minimum absolute atomic E-state index is 0.382. The van der Waals surface area contributed by atoms with E-state index in [0.29, 0.717) is 11.3 Å². The van der Waals surface area contributed by atoms with Crippen molar-refractivity contribution in [2.24, 2.45) is 0 Å². The van der Waals surface area contributed by atoms with Crippen molar-refractivity contribution in [3.05, 3.63) is 30.0 Å². The lowest BCUT2D eigenvalue weighted by Crippen LogP contribution is -2.00. The smallest absolute Gasteiger partial charge is 0.308 e. The molecule has 0 aliphatic heterocycles. The molecule has 2 aromatic rings. The van der Waals surface area contributed by atoms with Crippen LogP contribution in [0.3, 0.4) is 0 Å². The molecule has 1 aromatic heterocycles. The number of carbonyl (C=O) groups excluding carboxylic acids is 2. The van der Waals surface area contributed by atoms with E-state index in [1.165, 1.54) is 6.92 Å². The first kappa shape index (κ1) is 9.45. The molecule has 15 heavy (non-hydrogen) atoms. The van der Waals surface area contributed by atoms with Crippen LogP contribution in [0.25, 0.3) is 10.9 Å². The number of ether oxygens (including phenoxy) is 1. The van der Waals surface area contributed by atoms with Crippen molar-refractivity contribution in [3.63, 3.8) is 0 Å². The molecule has 0 aliphatic rings. The van der Waals surface area contributed by atoms with Crippen molar-refractivity contribution in [2.75, 3.05) is 0 Å². The first-order valence-electron chi connectivity index (χ1n) is 4.45. The summed E-state index contributed by atoms with van der Waals surface area (Å²) in [6.07, 6.45) is 2.35. The monoisotopic (exact) mass is 203 g/mol. The summed E-state index contributed by atoms with van der Waals surface area (Å²) in [7, 11) is 0. The number of carbonyl (C=O) groups is 2. The fourth-order valence-electron chi connectivity index (χ4n) is 1.43. The fraction of sp³-hybridized carbons (Fsp3) is 0.0909. The summed E-state index contributed by atoms with van der Waals surface area (Å²) in [5.74, 6) is 0.0635. The van der Waals surface area contributed by atoms with E-state index in [2.05, 4.69) is 4.98 Å². The SMILES string of the molecule is CC(=O)Oc1c[nH]c2ccc(C=O)cc12. The van der Waals surface area contributed by atoms with Crippen molar-refractivity contribution < 1.29 is 14.3 Å². The summed E-state index contributed by atoms with van der Waals surface area (Å²) in [5.41, 5.74) is 1.38. The van der Waals surface area contributed by atoms with Crippen molar-refractivity contribution in [1.29, 1.82) is 0 Å². The normalized spacial score (nSPS) is 10.2. The molecule has 0 bridgehead atoms. The first-order chi connectivity index (χ1) is 7.20.